The van der Waals surface area contributed by atoms with E-state index in [0.717, 1.165) is 12.1 Å². The predicted octanol–water partition coefficient (Wildman–Crippen LogP) is 2.10. The van der Waals surface area contributed by atoms with Crippen LogP contribution in [0.2, 0.25) is 0 Å². The smallest absolute Gasteiger partial charge is 0.260 e. The van der Waals surface area contributed by atoms with Gasteiger partial charge >= 0.3 is 0 Å². The highest BCUT2D eigenvalue weighted by molar-refractivity contribution is 5.95. The fraction of sp³-hybridized carbons (Fsp3) is 0.500. The van der Waals surface area contributed by atoms with Crippen LogP contribution in [0.5, 0.6) is 0 Å². The second-order valence-electron chi connectivity index (χ2n) is 6.07. The molecule has 0 bridgehead atoms. The molecule has 1 aromatic carbocycles. The van der Waals surface area contributed by atoms with Gasteiger partial charge in [0, 0.05) is 20.2 Å². The van der Waals surface area contributed by atoms with E-state index in [2.05, 4.69) is 0 Å². The Morgan fingerprint density at radius 2 is 2.09 bits per heavy atom. The number of hydrogen-bond acceptors (Lipinski definition) is 4. The minimum Gasteiger partial charge on any atom is -0.382 e. The molecule has 0 spiro atoms. The van der Waals surface area contributed by atoms with Crippen LogP contribution in [-0.2, 0) is 9.47 Å². The van der Waals surface area contributed by atoms with Crippen LogP contribution in [-0.4, -0.2) is 49.3 Å². The molecule has 1 fully saturated rings. The topological polar surface area (TPSA) is 62.6 Å². The SMILES string of the molecule is COC[C@@H]1CN(C(=O)c2c(F)cc(C#N)cc2F)CC(C)(C)O1. The van der Waals surface area contributed by atoms with Crippen molar-refractivity contribution in [2.24, 2.45) is 0 Å². The summed E-state index contributed by atoms with van der Waals surface area (Å²) in [6.45, 7) is 4.23. The maximum Gasteiger partial charge on any atom is 0.260 e. The molecule has 0 N–H and O–H groups in total. The lowest BCUT2D eigenvalue weighted by molar-refractivity contribution is -0.143. The molecule has 1 saturated heterocycles. The van der Waals surface area contributed by atoms with Crippen molar-refractivity contribution in [3.63, 3.8) is 0 Å². The first-order chi connectivity index (χ1) is 10.8. The van der Waals surface area contributed by atoms with Crippen molar-refractivity contribution in [3.8, 4) is 6.07 Å². The van der Waals surface area contributed by atoms with Gasteiger partial charge in [0.2, 0.25) is 0 Å². The number of carbonyl (C=O) groups is 1. The average molecular weight is 324 g/mol. The Labute approximate surface area is 133 Å². The van der Waals surface area contributed by atoms with Gasteiger partial charge in [-0.15, -0.1) is 0 Å². The highest BCUT2D eigenvalue weighted by Crippen LogP contribution is 2.25. The minimum absolute atomic E-state index is 0.170. The van der Waals surface area contributed by atoms with Crippen LogP contribution in [0.15, 0.2) is 12.1 Å². The molecular weight excluding hydrogens is 306 g/mol. The van der Waals surface area contributed by atoms with Crippen LogP contribution < -0.4 is 0 Å². The highest BCUT2D eigenvalue weighted by atomic mass is 19.1. The zero-order chi connectivity index (χ0) is 17.2. The summed E-state index contributed by atoms with van der Waals surface area (Å²) in [6.07, 6.45) is -0.378. The number of rotatable bonds is 3. The van der Waals surface area contributed by atoms with Gasteiger partial charge in [0.25, 0.3) is 5.91 Å². The van der Waals surface area contributed by atoms with Crippen LogP contribution in [0.1, 0.15) is 29.8 Å². The van der Waals surface area contributed by atoms with Crippen molar-refractivity contribution in [2.45, 2.75) is 25.6 Å². The molecular formula is C16H18F2N2O3. The van der Waals surface area contributed by atoms with Crippen molar-refractivity contribution in [2.75, 3.05) is 26.8 Å². The van der Waals surface area contributed by atoms with E-state index in [4.69, 9.17) is 14.7 Å². The second-order valence-corrected chi connectivity index (χ2v) is 6.07. The molecule has 1 amide bonds. The first-order valence-electron chi connectivity index (χ1n) is 7.12. The molecule has 1 aliphatic heterocycles. The summed E-state index contributed by atoms with van der Waals surface area (Å²) in [4.78, 5) is 13.9. The summed E-state index contributed by atoms with van der Waals surface area (Å²) >= 11 is 0. The molecule has 124 valence electrons. The van der Waals surface area contributed by atoms with Crippen LogP contribution in [0.25, 0.3) is 0 Å². The quantitative estimate of drug-likeness (QED) is 0.854. The number of ether oxygens (including phenoxy) is 2. The average Bonchev–Trinajstić information content (AvgIpc) is 2.44. The lowest BCUT2D eigenvalue weighted by atomic mass is 10.0. The van der Waals surface area contributed by atoms with Gasteiger partial charge in [-0.05, 0) is 26.0 Å². The normalized spacial score (nSPS) is 20.2. The van der Waals surface area contributed by atoms with Gasteiger partial charge < -0.3 is 14.4 Å². The zero-order valence-corrected chi connectivity index (χ0v) is 13.2. The van der Waals surface area contributed by atoms with E-state index >= 15 is 0 Å². The van der Waals surface area contributed by atoms with Gasteiger partial charge in [-0.1, -0.05) is 0 Å². The minimum atomic E-state index is -1.04. The van der Waals surface area contributed by atoms with Crippen molar-refractivity contribution >= 4 is 5.91 Å². The number of halogens is 2. The van der Waals surface area contributed by atoms with Gasteiger partial charge in [-0.2, -0.15) is 5.26 Å². The predicted molar refractivity (Wildman–Crippen MR) is 77.8 cm³/mol. The summed E-state index contributed by atoms with van der Waals surface area (Å²) in [6, 6.07) is 3.36. The fourth-order valence-corrected chi connectivity index (χ4v) is 2.72. The van der Waals surface area contributed by atoms with Crippen molar-refractivity contribution in [3.05, 3.63) is 34.9 Å². The molecule has 5 nitrogen and oxygen atoms in total. The number of nitrogens with zero attached hydrogens (tertiary/aromatic N) is 2. The molecule has 0 unspecified atom stereocenters. The molecule has 1 atom stereocenters. The van der Waals surface area contributed by atoms with Crippen LogP contribution in [0, 0.1) is 23.0 Å². The largest absolute Gasteiger partial charge is 0.382 e. The molecule has 0 aromatic heterocycles. The number of benzene rings is 1. The second kappa shape index (κ2) is 6.60. The summed E-state index contributed by atoms with van der Waals surface area (Å²) < 4.78 is 38.9. The van der Waals surface area contributed by atoms with E-state index in [1.807, 2.05) is 0 Å². The standard InChI is InChI=1S/C16H18F2N2O3/c1-16(2)9-20(7-11(23-16)8-22-3)15(21)14-12(17)4-10(6-19)5-13(14)18/h4-5,11H,7-9H2,1-3H3/t11-/m0/s1. The Morgan fingerprint density at radius 1 is 1.48 bits per heavy atom. The number of carbonyl (C=O) groups excluding carboxylic acids is 1. The van der Waals surface area contributed by atoms with Crippen molar-refractivity contribution in [1.82, 2.24) is 4.90 Å². The number of methoxy groups -OCH3 is 1. The molecule has 0 aliphatic carbocycles. The monoisotopic (exact) mass is 324 g/mol. The van der Waals surface area contributed by atoms with E-state index in [9.17, 15) is 13.6 Å². The van der Waals surface area contributed by atoms with E-state index in [1.165, 1.54) is 12.0 Å². The fourth-order valence-electron chi connectivity index (χ4n) is 2.72. The van der Waals surface area contributed by atoms with E-state index in [0.29, 0.717) is 0 Å². The molecule has 7 heteroatoms. The van der Waals surface area contributed by atoms with Crippen LogP contribution in [0.3, 0.4) is 0 Å². The van der Waals surface area contributed by atoms with Gasteiger partial charge in [0.15, 0.2) is 0 Å². The molecule has 1 aliphatic rings. The number of nitriles is 1. The Balaban J connectivity index is 2.31. The van der Waals surface area contributed by atoms with Crippen molar-refractivity contribution in [1.29, 1.82) is 5.26 Å². The van der Waals surface area contributed by atoms with Crippen LogP contribution in [0.4, 0.5) is 8.78 Å². The van der Waals surface area contributed by atoms with Gasteiger partial charge in [0.1, 0.15) is 17.2 Å². The van der Waals surface area contributed by atoms with Crippen LogP contribution >= 0.6 is 0 Å². The third kappa shape index (κ3) is 3.84. The molecule has 0 saturated carbocycles. The maximum absolute atomic E-state index is 14.0. The van der Waals surface area contributed by atoms with E-state index < -0.39 is 28.7 Å². The van der Waals surface area contributed by atoms with E-state index in [1.54, 1.807) is 19.9 Å². The Kier molecular flexibility index (Phi) is 4.97. The maximum atomic E-state index is 14.0. The molecule has 1 heterocycles. The molecule has 2 rings (SSSR count). The summed E-state index contributed by atoms with van der Waals surface area (Å²) in [7, 11) is 1.51. The third-order valence-electron chi connectivity index (χ3n) is 3.51. The summed E-state index contributed by atoms with van der Waals surface area (Å²) in [5.74, 6) is -2.85. The molecule has 1 aromatic rings. The number of amides is 1. The molecule has 0 radical (unpaired) electrons. The Bertz CT molecular complexity index is 632. The first-order valence-corrected chi connectivity index (χ1v) is 7.12. The number of hydrogen-bond donors (Lipinski definition) is 0. The van der Waals surface area contributed by atoms with Gasteiger partial charge in [0.05, 0.1) is 29.9 Å². The van der Waals surface area contributed by atoms with E-state index in [-0.39, 0.29) is 31.4 Å². The molecule has 23 heavy (non-hydrogen) atoms. The lowest BCUT2D eigenvalue weighted by Gasteiger charge is -2.42. The first kappa shape index (κ1) is 17.3. The Morgan fingerprint density at radius 3 is 2.61 bits per heavy atom. The lowest BCUT2D eigenvalue weighted by Crippen LogP contribution is -2.55. The van der Waals surface area contributed by atoms with Gasteiger partial charge in [-0.25, -0.2) is 8.78 Å². The summed E-state index contributed by atoms with van der Waals surface area (Å²) in [5, 5.41) is 8.72. The highest BCUT2D eigenvalue weighted by Gasteiger charge is 2.37. The Hall–Kier alpha value is -2.04. The summed E-state index contributed by atoms with van der Waals surface area (Å²) in [5.41, 5.74) is -1.48. The zero-order valence-electron chi connectivity index (χ0n) is 13.2. The number of morpholine rings is 1. The third-order valence-corrected chi connectivity index (χ3v) is 3.51. The van der Waals surface area contributed by atoms with Gasteiger partial charge in [-0.3, -0.25) is 4.79 Å². The van der Waals surface area contributed by atoms with Crippen molar-refractivity contribution < 1.29 is 23.0 Å².